The van der Waals surface area contributed by atoms with E-state index in [2.05, 4.69) is 5.32 Å². The van der Waals surface area contributed by atoms with Crippen molar-refractivity contribution in [2.45, 2.75) is 13.8 Å². The summed E-state index contributed by atoms with van der Waals surface area (Å²) in [5.41, 5.74) is 0. The molecule has 5 heteroatoms. The first-order chi connectivity index (χ1) is 5.66. The van der Waals surface area contributed by atoms with Crippen LogP contribution in [-0.2, 0) is 9.59 Å². The highest BCUT2D eigenvalue weighted by Gasteiger charge is 2.00. The van der Waals surface area contributed by atoms with E-state index in [1.807, 2.05) is 6.92 Å². The molecule has 0 atom stereocenters. The molecule has 0 rings (SSSR count). The van der Waals surface area contributed by atoms with Crippen molar-refractivity contribution in [2.24, 2.45) is 0 Å². The van der Waals surface area contributed by atoms with Gasteiger partial charge in [0.05, 0.1) is 11.5 Å². The number of nitrogens with one attached hydrogen (secondary N) is 1. The first kappa shape index (κ1) is 11.8. The summed E-state index contributed by atoms with van der Waals surface area (Å²) >= 11 is 0. The maximum Gasteiger partial charge on any atom is 0.230 e. The lowest BCUT2D eigenvalue weighted by Crippen LogP contribution is -2.24. The Hall–Kier alpha value is -0.160. The van der Waals surface area contributed by atoms with Crippen molar-refractivity contribution in [2.75, 3.05) is 18.1 Å². The van der Waals surface area contributed by atoms with Crippen LogP contribution >= 0.6 is 21.6 Å². The molecule has 0 saturated carbocycles. The molecular weight excluding hydrogens is 194 g/mol. The van der Waals surface area contributed by atoms with E-state index in [0.717, 1.165) is 0 Å². The fourth-order valence-electron chi connectivity index (χ4n) is 0.468. The van der Waals surface area contributed by atoms with E-state index in [-0.39, 0.29) is 11.7 Å². The minimum absolute atomic E-state index is 0.0264. The smallest absolute Gasteiger partial charge is 0.230 e. The summed E-state index contributed by atoms with van der Waals surface area (Å²) in [6.07, 6.45) is 0. The first-order valence-electron chi connectivity index (χ1n) is 3.67. The van der Waals surface area contributed by atoms with Gasteiger partial charge in [-0.2, -0.15) is 0 Å². The Balaban J connectivity index is 3.19. The normalized spacial score (nSPS) is 9.50. The molecule has 0 aromatic rings. The minimum atomic E-state index is 0.0264. The zero-order valence-corrected chi connectivity index (χ0v) is 8.89. The molecule has 1 N–H and O–H groups in total. The van der Waals surface area contributed by atoms with Crippen molar-refractivity contribution >= 4 is 33.3 Å². The fourth-order valence-corrected chi connectivity index (χ4v) is 2.33. The number of carbonyl (C=O) groups is 2. The predicted molar refractivity (Wildman–Crippen MR) is 54.3 cm³/mol. The topological polar surface area (TPSA) is 46.2 Å². The molecule has 70 valence electrons. The van der Waals surface area contributed by atoms with E-state index in [1.165, 1.54) is 21.6 Å². The van der Waals surface area contributed by atoms with Crippen LogP contribution in [0.5, 0.6) is 0 Å². The second kappa shape index (κ2) is 7.49. The Morgan fingerprint density at radius 1 is 1.25 bits per heavy atom. The molecule has 0 aliphatic carbocycles. The summed E-state index contributed by atoms with van der Waals surface area (Å²) < 4.78 is 0. The third-order valence-corrected chi connectivity index (χ3v) is 3.19. The molecule has 0 fully saturated rings. The van der Waals surface area contributed by atoms with E-state index < -0.39 is 0 Å². The van der Waals surface area contributed by atoms with Gasteiger partial charge in [0, 0.05) is 6.54 Å². The molecule has 3 nitrogen and oxygen atoms in total. The van der Waals surface area contributed by atoms with Crippen molar-refractivity contribution in [1.29, 1.82) is 0 Å². The Kier molecular flexibility index (Phi) is 7.39. The lowest BCUT2D eigenvalue weighted by Gasteiger charge is -1.99. The van der Waals surface area contributed by atoms with Gasteiger partial charge in [-0.15, -0.1) is 0 Å². The third-order valence-electron chi connectivity index (χ3n) is 0.909. The monoisotopic (exact) mass is 207 g/mol. The van der Waals surface area contributed by atoms with Crippen LogP contribution < -0.4 is 5.32 Å². The maximum absolute atomic E-state index is 10.9. The summed E-state index contributed by atoms with van der Waals surface area (Å²) in [4.78, 5) is 21.3. The second-order valence-corrected chi connectivity index (χ2v) is 4.64. The van der Waals surface area contributed by atoms with Gasteiger partial charge in [-0.1, -0.05) is 21.6 Å². The van der Waals surface area contributed by atoms with Crippen LogP contribution in [0, 0.1) is 0 Å². The molecule has 0 aliphatic rings. The Labute approximate surface area is 80.4 Å². The van der Waals surface area contributed by atoms with Crippen LogP contribution in [0.1, 0.15) is 13.8 Å². The number of hydrogen-bond acceptors (Lipinski definition) is 4. The van der Waals surface area contributed by atoms with Gasteiger partial charge in [0.15, 0.2) is 0 Å². The average Bonchev–Trinajstić information content (AvgIpc) is 1.98. The van der Waals surface area contributed by atoms with Crippen molar-refractivity contribution in [3.63, 3.8) is 0 Å². The molecule has 0 aromatic carbocycles. The first-order valence-corrected chi connectivity index (χ1v) is 6.16. The molecular formula is C7H13NO2S2. The number of ketones is 1. The Morgan fingerprint density at radius 2 is 1.83 bits per heavy atom. The van der Waals surface area contributed by atoms with Crippen molar-refractivity contribution in [3.8, 4) is 0 Å². The highest BCUT2D eigenvalue weighted by Crippen LogP contribution is 2.20. The molecule has 1 amide bonds. The molecule has 0 aromatic heterocycles. The second-order valence-electron chi connectivity index (χ2n) is 2.18. The summed E-state index contributed by atoms with van der Waals surface area (Å²) in [6.45, 7) is 4.09. The van der Waals surface area contributed by atoms with Gasteiger partial charge in [-0.3, -0.25) is 9.59 Å². The number of amides is 1. The van der Waals surface area contributed by atoms with Crippen LogP contribution in [0.2, 0.25) is 0 Å². The van der Waals surface area contributed by atoms with Crippen LogP contribution in [-0.4, -0.2) is 29.7 Å². The third kappa shape index (κ3) is 7.94. The predicted octanol–water partition coefficient (Wildman–Crippen LogP) is 1.09. The van der Waals surface area contributed by atoms with Crippen molar-refractivity contribution < 1.29 is 9.59 Å². The van der Waals surface area contributed by atoms with E-state index in [0.29, 0.717) is 18.1 Å². The van der Waals surface area contributed by atoms with E-state index in [1.54, 1.807) is 6.92 Å². The lowest BCUT2D eigenvalue weighted by atomic mass is 10.5. The van der Waals surface area contributed by atoms with Gasteiger partial charge in [0.25, 0.3) is 0 Å². The minimum Gasteiger partial charge on any atom is -0.356 e. The standard InChI is InChI=1S/C7H13NO2S2/c1-3-8-7(10)5-12-11-4-6(2)9/h3-5H2,1-2H3,(H,8,10). The quantitative estimate of drug-likeness (QED) is 0.523. The summed E-state index contributed by atoms with van der Waals surface area (Å²) in [7, 11) is 2.84. The van der Waals surface area contributed by atoms with Crippen molar-refractivity contribution in [1.82, 2.24) is 5.32 Å². The largest absolute Gasteiger partial charge is 0.356 e. The van der Waals surface area contributed by atoms with Crippen LogP contribution in [0.15, 0.2) is 0 Å². The highest BCUT2D eigenvalue weighted by atomic mass is 33.1. The number of hydrogen-bond donors (Lipinski definition) is 1. The van der Waals surface area contributed by atoms with Crippen molar-refractivity contribution in [3.05, 3.63) is 0 Å². The zero-order chi connectivity index (χ0) is 9.40. The van der Waals surface area contributed by atoms with Crippen LogP contribution in [0.25, 0.3) is 0 Å². The summed E-state index contributed by atoms with van der Waals surface area (Å²) in [5.74, 6) is 1.07. The molecule has 0 aliphatic heterocycles. The van der Waals surface area contributed by atoms with Gasteiger partial charge >= 0.3 is 0 Å². The summed E-state index contributed by atoms with van der Waals surface area (Å²) in [6, 6.07) is 0. The summed E-state index contributed by atoms with van der Waals surface area (Å²) in [5, 5.41) is 2.68. The SMILES string of the molecule is CCNC(=O)CSSCC(C)=O. The Bertz CT molecular complexity index is 161. The fraction of sp³-hybridized carbons (Fsp3) is 0.714. The van der Waals surface area contributed by atoms with Gasteiger partial charge < -0.3 is 5.32 Å². The maximum atomic E-state index is 10.9. The van der Waals surface area contributed by atoms with Gasteiger partial charge in [-0.05, 0) is 13.8 Å². The van der Waals surface area contributed by atoms with E-state index in [4.69, 9.17) is 0 Å². The molecule has 0 heterocycles. The average molecular weight is 207 g/mol. The number of Topliss-reactive ketones (excluding diaryl/α,β-unsaturated/α-hetero) is 1. The van der Waals surface area contributed by atoms with E-state index in [9.17, 15) is 9.59 Å². The molecule has 0 unspecified atom stereocenters. The highest BCUT2D eigenvalue weighted by molar-refractivity contribution is 8.77. The van der Waals surface area contributed by atoms with Gasteiger partial charge in [-0.25, -0.2) is 0 Å². The van der Waals surface area contributed by atoms with Gasteiger partial charge in [0.2, 0.25) is 5.91 Å². The zero-order valence-electron chi connectivity index (χ0n) is 7.25. The lowest BCUT2D eigenvalue weighted by molar-refractivity contribution is -0.118. The van der Waals surface area contributed by atoms with Crippen LogP contribution in [0.3, 0.4) is 0 Å². The molecule has 0 bridgehead atoms. The molecule has 0 radical (unpaired) electrons. The Morgan fingerprint density at radius 3 is 2.33 bits per heavy atom. The molecule has 0 spiro atoms. The molecule has 12 heavy (non-hydrogen) atoms. The number of carbonyl (C=O) groups excluding carboxylic acids is 2. The van der Waals surface area contributed by atoms with Crippen LogP contribution in [0.4, 0.5) is 0 Å². The molecule has 0 saturated heterocycles. The van der Waals surface area contributed by atoms with E-state index >= 15 is 0 Å². The number of rotatable bonds is 6. The van der Waals surface area contributed by atoms with Gasteiger partial charge in [0.1, 0.15) is 5.78 Å².